The van der Waals surface area contributed by atoms with Crippen molar-refractivity contribution in [2.45, 2.75) is 44.3 Å². The number of amides is 2. The predicted octanol–water partition coefficient (Wildman–Crippen LogP) is 0.137. The number of nitrogens with two attached hydrogens (primary N) is 1. The van der Waals surface area contributed by atoms with E-state index in [4.69, 9.17) is 5.73 Å². The van der Waals surface area contributed by atoms with E-state index in [1.54, 1.807) is 6.92 Å². The first kappa shape index (κ1) is 17.9. The first-order valence-corrected chi connectivity index (χ1v) is 8.02. The van der Waals surface area contributed by atoms with E-state index in [-0.39, 0.29) is 12.3 Å². The first-order valence-electron chi connectivity index (χ1n) is 8.02. The smallest absolute Gasteiger partial charge is 0.321 e. The zero-order chi connectivity index (χ0) is 17.7. The molecule has 130 valence electrons. The van der Waals surface area contributed by atoms with Gasteiger partial charge in [0.05, 0.1) is 6.04 Å². The molecule has 2 amide bonds. The van der Waals surface area contributed by atoms with Crippen LogP contribution in [0, 0.1) is 0 Å². The average molecular weight is 333 g/mol. The Balaban J connectivity index is 2.02. The zero-order valence-corrected chi connectivity index (χ0v) is 13.6. The Hall–Kier alpha value is -2.41. The minimum Gasteiger partial charge on any atom is -0.480 e. The summed E-state index contributed by atoms with van der Waals surface area (Å²) in [5, 5.41) is 12.3. The zero-order valence-electron chi connectivity index (χ0n) is 13.6. The van der Waals surface area contributed by atoms with Crippen LogP contribution >= 0.6 is 0 Å². The van der Waals surface area contributed by atoms with E-state index >= 15 is 0 Å². The third-order valence-corrected chi connectivity index (χ3v) is 4.27. The van der Waals surface area contributed by atoms with Gasteiger partial charge in [-0.1, -0.05) is 30.3 Å². The van der Waals surface area contributed by atoms with Crippen LogP contribution in [-0.2, 0) is 20.8 Å². The lowest BCUT2D eigenvalue weighted by molar-refractivity contribution is -0.142. The van der Waals surface area contributed by atoms with Gasteiger partial charge in [0.2, 0.25) is 11.8 Å². The monoisotopic (exact) mass is 333 g/mol. The molecule has 7 nitrogen and oxygen atoms in total. The number of carboxylic acid groups (broad SMARTS) is 1. The summed E-state index contributed by atoms with van der Waals surface area (Å²) in [6, 6.07) is 7.02. The Morgan fingerprint density at radius 1 is 1.33 bits per heavy atom. The van der Waals surface area contributed by atoms with Crippen molar-refractivity contribution in [1.82, 2.24) is 10.2 Å². The summed E-state index contributed by atoms with van der Waals surface area (Å²) in [5.74, 6) is -1.84. The average Bonchev–Trinajstić information content (AvgIpc) is 3.04. The van der Waals surface area contributed by atoms with Gasteiger partial charge in [-0.3, -0.25) is 19.7 Å². The van der Waals surface area contributed by atoms with Crippen LogP contribution in [0.3, 0.4) is 0 Å². The van der Waals surface area contributed by atoms with Crippen molar-refractivity contribution in [2.24, 2.45) is 5.73 Å². The van der Waals surface area contributed by atoms with Crippen LogP contribution < -0.4 is 11.1 Å². The van der Waals surface area contributed by atoms with Crippen molar-refractivity contribution in [3.05, 3.63) is 35.9 Å². The highest BCUT2D eigenvalue weighted by Crippen LogP contribution is 2.18. The molecule has 0 bridgehead atoms. The van der Waals surface area contributed by atoms with Crippen LogP contribution in [-0.4, -0.2) is 52.5 Å². The number of likely N-dealkylation sites (tertiary alicyclic amines) is 1. The summed E-state index contributed by atoms with van der Waals surface area (Å²) >= 11 is 0. The predicted molar refractivity (Wildman–Crippen MR) is 88.1 cm³/mol. The van der Waals surface area contributed by atoms with Crippen LogP contribution in [0.25, 0.3) is 0 Å². The fraction of sp³-hybridized carbons (Fsp3) is 0.471. The van der Waals surface area contributed by atoms with Crippen molar-refractivity contribution in [2.75, 3.05) is 6.54 Å². The van der Waals surface area contributed by atoms with Gasteiger partial charge in [-0.15, -0.1) is 0 Å². The van der Waals surface area contributed by atoms with Crippen molar-refractivity contribution < 1.29 is 19.5 Å². The molecule has 4 N–H and O–H groups in total. The molecule has 0 spiro atoms. The third kappa shape index (κ3) is 4.32. The molecule has 1 unspecified atom stereocenters. The van der Waals surface area contributed by atoms with Gasteiger partial charge in [0.15, 0.2) is 0 Å². The highest BCUT2D eigenvalue weighted by atomic mass is 16.4. The summed E-state index contributed by atoms with van der Waals surface area (Å²) in [7, 11) is 0. The van der Waals surface area contributed by atoms with Crippen molar-refractivity contribution in [3.63, 3.8) is 0 Å². The summed E-state index contributed by atoms with van der Waals surface area (Å²) in [4.78, 5) is 36.9. The molecule has 0 radical (unpaired) electrons. The Kier molecular flexibility index (Phi) is 5.92. The maximum atomic E-state index is 12.5. The van der Waals surface area contributed by atoms with Crippen LogP contribution in [0.15, 0.2) is 30.3 Å². The number of nitrogens with one attached hydrogen (secondary N) is 1. The molecule has 1 saturated heterocycles. The highest BCUT2D eigenvalue weighted by molar-refractivity contribution is 5.89. The van der Waals surface area contributed by atoms with Gasteiger partial charge in [0, 0.05) is 6.54 Å². The molecule has 1 heterocycles. The first-order chi connectivity index (χ1) is 11.4. The standard InChI is InChI=1S/C17H23N3O4/c1-11(16(22)20-9-5-8-14(20)15(18)21)19-13(17(23)24)10-12-6-3-2-4-7-12/h2-4,6-7,11,13-14,19H,5,8-10H2,1H3,(H2,18,21)(H,23,24)/t11-,13?,14-/m0/s1. The number of carboxylic acids is 1. The SMILES string of the molecule is C[C@H](NC(Cc1ccccc1)C(=O)O)C(=O)N1CCC[C@H]1C(N)=O. The molecule has 1 fully saturated rings. The molecule has 2 rings (SSSR count). The molecule has 0 aliphatic carbocycles. The number of hydrogen-bond donors (Lipinski definition) is 3. The van der Waals surface area contributed by atoms with E-state index in [9.17, 15) is 19.5 Å². The van der Waals surface area contributed by atoms with Crippen LogP contribution in [0.4, 0.5) is 0 Å². The maximum Gasteiger partial charge on any atom is 0.321 e. The quantitative estimate of drug-likeness (QED) is 0.657. The van der Waals surface area contributed by atoms with E-state index in [1.807, 2.05) is 30.3 Å². The van der Waals surface area contributed by atoms with E-state index in [1.165, 1.54) is 4.90 Å². The van der Waals surface area contributed by atoms with Crippen LogP contribution in [0.2, 0.25) is 0 Å². The second-order valence-electron chi connectivity index (χ2n) is 6.06. The number of carbonyl (C=O) groups is 3. The molecule has 0 saturated carbocycles. The number of carbonyl (C=O) groups excluding carboxylic acids is 2. The van der Waals surface area contributed by atoms with E-state index in [0.29, 0.717) is 13.0 Å². The Bertz CT molecular complexity index is 605. The topological polar surface area (TPSA) is 113 Å². The van der Waals surface area contributed by atoms with Crippen LogP contribution in [0.5, 0.6) is 0 Å². The minimum absolute atomic E-state index is 0.271. The van der Waals surface area contributed by atoms with E-state index in [0.717, 1.165) is 12.0 Å². The largest absolute Gasteiger partial charge is 0.480 e. The maximum absolute atomic E-state index is 12.5. The summed E-state index contributed by atoms with van der Waals surface area (Å²) in [6.07, 6.45) is 1.55. The van der Waals surface area contributed by atoms with Crippen molar-refractivity contribution in [3.8, 4) is 0 Å². The normalized spacial score (nSPS) is 19.7. The van der Waals surface area contributed by atoms with Crippen LogP contribution in [0.1, 0.15) is 25.3 Å². The van der Waals surface area contributed by atoms with Gasteiger partial charge in [-0.05, 0) is 31.7 Å². The number of primary amides is 1. The molecule has 3 atom stereocenters. The van der Waals surface area contributed by atoms with Crippen molar-refractivity contribution >= 4 is 17.8 Å². The summed E-state index contributed by atoms with van der Waals surface area (Å²) in [6.45, 7) is 2.08. The number of aliphatic carboxylic acids is 1. The van der Waals surface area contributed by atoms with Gasteiger partial charge < -0.3 is 15.7 Å². The van der Waals surface area contributed by atoms with Gasteiger partial charge >= 0.3 is 5.97 Å². The molecule has 0 aromatic heterocycles. The Morgan fingerprint density at radius 3 is 2.58 bits per heavy atom. The Morgan fingerprint density at radius 2 is 2.00 bits per heavy atom. The molecule has 24 heavy (non-hydrogen) atoms. The lowest BCUT2D eigenvalue weighted by Crippen LogP contribution is -2.54. The molecule has 1 aliphatic heterocycles. The molecule has 1 aromatic rings. The minimum atomic E-state index is -1.02. The number of nitrogens with zero attached hydrogens (tertiary/aromatic N) is 1. The second kappa shape index (κ2) is 7.92. The fourth-order valence-electron chi connectivity index (χ4n) is 3.02. The third-order valence-electron chi connectivity index (χ3n) is 4.27. The molecular formula is C17H23N3O4. The molecular weight excluding hydrogens is 310 g/mol. The van der Waals surface area contributed by atoms with Gasteiger partial charge in [-0.2, -0.15) is 0 Å². The lowest BCUT2D eigenvalue weighted by Gasteiger charge is -2.27. The fourth-order valence-corrected chi connectivity index (χ4v) is 3.02. The van der Waals surface area contributed by atoms with E-state index < -0.39 is 30.0 Å². The van der Waals surface area contributed by atoms with Crippen molar-refractivity contribution in [1.29, 1.82) is 0 Å². The number of benzene rings is 1. The summed E-state index contributed by atoms with van der Waals surface area (Å²) < 4.78 is 0. The second-order valence-corrected chi connectivity index (χ2v) is 6.06. The van der Waals surface area contributed by atoms with Gasteiger partial charge in [0.1, 0.15) is 12.1 Å². The molecule has 1 aromatic carbocycles. The lowest BCUT2D eigenvalue weighted by atomic mass is 10.0. The molecule has 1 aliphatic rings. The van der Waals surface area contributed by atoms with E-state index in [2.05, 4.69) is 5.32 Å². The summed E-state index contributed by atoms with van der Waals surface area (Å²) in [5.41, 5.74) is 6.20. The van der Waals surface area contributed by atoms with Gasteiger partial charge in [0.25, 0.3) is 0 Å². The number of rotatable bonds is 7. The number of hydrogen-bond acceptors (Lipinski definition) is 4. The van der Waals surface area contributed by atoms with Gasteiger partial charge in [-0.25, -0.2) is 0 Å². The molecule has 7 heteroatoms. The Labute approximate surface area is 140 Å². The highest BCUT2D eigenvalue weighted by Gasteiger charge is 2.35.